The van der Waals surface area contributed by atoms with Gasteiger partial charge in [-0.2, -0.15) is 0 Å². The van der Waals surface area contributed by atoms with Crippen LogP contribution in [0, 0.1) is 5.41 Å². The molecule has 21 heavy (non-hydrogen) atoms. The van der Waals surface area contributed by atoms with Gasteiger partial charge in [-0.25, -0.2) is 0 Å². The van der Waals surface area contributed by atoms with Crippen molar-refractivity contribution < 1.29 is 9.84 Å². The average Bonchev–Trinajstić information content (AvgIpc) is 2.71. The number of hydrogen-bond donors (Lipinski definition) is 2. The summed E-state index contributed by atoms with van der Waals surface area (Å²) in [6.45, 7) is 10.8. The van der Waals surface area contributed by atoms with Crippen LogP contribution in [0.1, 0.15) is 51.7 Å². The van der Waals surface area contributed by atoms with Crippen molar-refractivity contribution in [2.75, 3.05) is 13.2 Å². The molecule has 3 heteroatoms. The minimum Gasteiger partial charge on any atom is -0.487 e. The van der Waals surface area contributed by atoms with Crippen LogP contribution in [0.25, 0.3) is 0 Å². The van der Waals surface area contributed by atoms with E-state index in [2.05, 4.69) is 51.2 Å². The first kappa shape index (κ1) is 16.3. The van der Waals surface area contributed by atoms with Gasteiger partial charge in [0.1, 0.15) is 11.4 Å². The molecule has 118 valence electrons. The largest absolute Gasteiger partial charge is 0.487 e. The molecule has 2 N–H and O–H groups in total. The topological polar surface area (TPSA) is 41.5 Å². The van der Waals surface area contributed by atoms with Crippen molar-refractivity contribution in [2.45, 2.75) is 59.1 Å². The summed E-state index contributed by atoms with van der Waals surface area (Å²) < 4.78 is 6.10. The maximum atomic E-state index is 8.95. The second kappa shape index (κ2) is 6.37. The second-order valence-corrected chi connectivity index (χ2v) is 7.54. The van der Waals surface area contributed by atoms with E-state index in [4.69, 9.17) is 9.84 Å². The normalized spacial score (nSPS) is 16.6. The average molecular weight is 291 g/mol. The van der Waals surface area contributed by atoms with Gasteiger partial charge in [-0.3, -0.25) is 0 Å². The summed E-state index contributed by atoms with van der Waals surface area (Å²) in [6, 6.07) is 6.43. The minimum absolute atomic E-state index is 0.0845. The van der Waals surface area contributed by atoms with Crippen LogP contribution in [-0.4, -0.2) is 23.9 Å². The van der Waals surface area contributed by atoms with E-state index in [0.717, 1.165) is 38.1 Å². The van der Waals surface area contributed by atoms with Crippen LogP contribution < -0.4 is 10.1 Å². The smallest absolute Gasteiger partial charge is 0.127 e. The Morgan fingerprint density at radius 1 is 1.33 bits per heavy atom. The third-order valence-corrected chi connectivity index (χ3v) is 4.10. The number of hydrogen-bond acceptors (Lipinski definition) is 3. The Kier molecular flexibility index (Phi) is 4.95. The van der Waals surface area contributed by atoms with E-state index < -0.39 is 0 Å². The minimum atomic E-state index is -0.0845. The molecule has 0 saturated carbocycles. The van der Waals surface area contributed by atoms with Gasteiger partial charge >= 0.3 is 0 Å². The van der Waals surface area contributed by atoms with Gasteiger partial charge in [0.15, 0.2) is 0 Å². The highest BCUT2D eigenvalue weighted by Crippen LogP contribution is 2.37. The van der Waals surface area contributed by atoms with Crippen molar-refractivity contribution in [3.63, 3.8) is 0 Å². The summed E-state index contributed by atoms with van der Waals surface area (Å²) in [4.78, 5) is 0. The lowest BCUT2D eigenvalue weighted by Crippen LogP contribution is -2.29. The Bertz CT molecular complexity index is 480. The number of rotatable bonds is 7. The quantitative estimate of drug-likeness (QED) is 0.810. The zero-order valence-electron chi connectivity index (χ0n) is 13.8. The Balaban J connectivity index is 1.92. The molecule has 1 aromatic rings. The van der Waals surface area contributed by atoms with Crippen LogP contribution in [0.5, 0.6) is 5.75 Å². The lowest BCUT2D eigenvalue weighted by molar-refractivity contribution is 0.137. The molecule has 1 heterocycles. The Morgan fingerprint density at radius 2 is 2.10 bits per heavy atom. The van der Waals surface area contributed by atoms with E-state index in [1.165, 1.54) is 11.1 Å². The molecule has 1 aromatic carbocycles. The van der Waals surface area contributed by atoms with E-state index in [1.807, 2.05) is 0 Å². The van der Waals surface area contributed by atoms with E-state index in [-0.39, 0.29) is 17.6 Å². The molecule has 0 unspecified atom stereocenters. The van der Waals surface area contributed by atoms with Crippen LogP contribution in [0.3, 0.4) is 0 Å². The third kappa shape index (κ3) is 4.45. The number of fused-ring (bicyclic) bond motifs is 1. The lowest BCUT2D eigenvalue weighted by atomic mass is 9.88. The van der Waals surface area contributed by atoms with E-state index in [1.54, 1.807) is 0 Å². The van der Waals surface area contributed by atoms with Crippen molar-refractivity contribution in [1.29, 1.82) is 0 Å². The summed E-state index contributed by atoms with van der Waals surface area (Å²) in [7, 11) is 0. The molecule has 3 nitrogen and oxygen atoms in total. The van der Waals surface area contributed by atoms with Gasteiger partial charge in [0.05, 0.1) is 0 Å². The maximum Gasteiger partial charge on any atom is 0.127 e. The first-order chi connectivity index (χ1) is 9.83. The molecule has 0 aliphatic carbocycles. The predicted molar refractivity (Wildman–Crippen MR) is 86.7 cm³/mol. The van der Waals surface area contributed by atoms with Crippen molar-refractivity contribution in [3.05, 3.63) is 29.3 Å². The van der Waals surface area contributed by atoms with Crippen LogP contribution in [0.4, 0.5) is 0 Å². The summed E-state index contributed by atoms with van der Waals surface area (Å²) in [6.07, 6.45) is 2.89. The SMILES string of the molecule is CC(C)(CCCO)CNCc1cccc2c1OC(C)(C)C2. The molecular weight excluding hydrogens is 262 g/mol. The second-order valence-electron chi connectivity index (χ2n) is 7.54. The summed E-state index contributed by atoms with van der Waals surface area (Å²) in [5.74, 6) is 1.07. The molecular formula is C18H29NO2. The highest BCUT2D eigenvalue weighted by molar-refractivity contribution is 5.45. The van der Waals surface area contributed by atoms with Crippen LogP contribution >= 0.6 is 0 Å². The van der Waals surface area contributed by atoms with Crippen LogP contribution in [0.15, 0.2) is 18.2 Å². The number of aliphatic hydroxyl groups is 1. The third-order valence-electron chi connectivity index (χ3n) is 4.10. The fourth-order valence-corrected chi connectivity index (χ4v) is 3.00. The van der Waals surface area contributed by atoms with Gasteiger partial charge in [0.2, 0.25) is 0 Å². The van der Waals surface area contributed by atoms with Crippen LogP contribution in [0.2, 0.25) is 0 Å². The number of ether oxygens (including phenoxy) is 1. The van der Waals surface area contributed by atoms with Gasteiger partial charge in [0, 0.05) is 31.7 Å². The number of nitrogens with one attached hydrogen (secondary N) is 1. The lowest BCUT2D eigenvalue weighted by Gasteiger charge is -2.25. The zero-order chi connectivity index (χ0) is 15.5. The summed E-state index contributed by atoms with van der Waals surface area (Å²) in [5, 5.41) is 12.5. The molecule has 0 saturated heterocycles. The van der Waals surface area contributed by atoms with Gasteiger partial charge in [-0.15, -0.1) is 0 Å². The first-order valence-electron chi connectivity index (χ1n) is 7.94. The Morgan fingerprint density at radius 3 is 2.81 bits per heavy atom. The van der Waals surface area contributed by atoms with Gasteiger partial charge < -0.3 is 15.2 Å². The van der Waals surface area contributed by atoms with Gasteiger partial charge in [-0.05, 0) is 37.7 Å². The Hall–Kier alpha value is -1.06. The summed E-state index contributed by atoms with van der Waals surface area (Å²) >= 11 is 0. The maximum absolute atomic E-state index is 8.95. The molecule has 0 fully saturated rings. The van der Waals surface area contributed by atoms with Crippen molar-refractivity contribution >= 4 is 0 Å². The summed E-state index contributed by atoms with van der Waals surface area (Å²) in [5.41, 5.74) is 2.69. The molecule has 0 atom stereocenters. The molecule has 1 aliphatic rings. The molecule has 2 rings (SSSR count). The molecule has 0 aromatic heterocycles. The van der Waals surface area contributed by atoms with E-state index in [0.29, 0.717) is 0 Å². The standard InChI is InChI=1S/C18H29NO2/c1-17(2,9-6-10-20)13-19-12-15-8-5-7-14-11-18(3,4)21-16(14)15/h5,7-8,19-20H,6,9-13H2,1-4H3. The Labute approximate surface area is 128 Å². The fourth-order valence-electron chi connectivity index (χ4n) is 3.00. The highest BCUT2D eigenvalue weighted by atomic mass is 16.5. The molecule has 0 amide bonds. The van der Waals surface area contributed by atoms with E-state index >= 15 is 0 Å². The van der Waals surface area contributed by atoms with E-state index in [9.17, 15) is 0 Å². The highest BCUT2D eigenvalue weighted by Gasteiger charge is 2.31. The molecule has 0 bridgehead atoms. The number of benzene rings is 1. The van der Waals surface area contributed by atoms with Crippen molar-refractivity contribution in [1.82, 2.24) is 5.32 Å². The van der Waals surface area contributed by atoms with Gasteiger partial charge in [0.25, 0.3) is 0 Å². The number of para-hydroxylation sites is 1. The monoisotopic (exact) mass is 291 g/mol. The molecule has 1 aliphatic heterocycles. The van der Waals surface area contributed by atoms with Crippen molar-refractivity contribution in [3.8, 4) is 5.75 Å². The molecule has 0 spiro atoms. The van der Waals surface area contributed by atoms with Gasteiger partial charge in [-0.1, -0.05) is 32.0 Å². The number of aliphatic hydroxyl groups excluding tert-OH is 1. The predicted octanol–water partition coefficient (Wildman–Crippen LogP) is 3.29. The fraction of sp³-hybridized carbons (Fsp3) is 0.667. The first-order valence-corrected chi connectivity index (χ1v) is 7.94. The molecule has 0 radical (unpaired) electrons. The zero-order valence-corrected chi connectivity index (χ0v) is 13.8. The van der Waals surface area contributed by atoms with Crippen molar-refractivity contribution in [2.24, 2.45) is 5.41 Å². The van der Waals surface area contributed by atoms with Crippen LogP contribution in [-0.2, 0) is 13.0 Å².